The summed E-state index contributed by atoms with van der Waals surface area (Å²) >= 11 is 1.72. The summed E-state index contributed by atoms with van der Waals surface area (Å²) in [7, 11) is 0. The molecule has 4 aromatic heterocycles. The summed E-state index contributed by atoms with van der Waals surface area (Å²) in [4.78, 5) is 18.8. The van der Waals surface area contributed by atoms with E-state index in [-0.39, 0.29) is 5.82 Å². The highest BCUT2D eigenvalue weighted by Crippen LogP contribution is 2.37. The van der Waals surface area contributed by atoms with Crippen LogP contribution in [0.2, 0.25) is 0 Å². The first-order valence-corrected chi connectivity index (χ1v) is 12.5. The van der Waals surface area contributed by atoms with Gasteiger partial charge in [0.05, 0.1) is 35.5 Å². The van der Waals surface area contributed by atoms with E-state index in [1.54, 1.807) is 23.7 Å². The molecule has 0 aliphatic carbocycles. The summed E-state index contributed by atoms with van der Waals surface area (Å²) in [5, 5.41) is 9.05. The van der Waals surface area contributed by atoms with Crippen molar-refractivity contribution >= 4 is 38.3 Å². The lowest BCUT2D eigenvalue weighted by molar-refractivity contribution is 0.122. The monoisotopic (exact) mass is 490 g/mol. The molecule has 6 heterocycles. The Balaban J connectivity index is 1.32. The van der Waals surface area contributed by atoms with Crippen molar-refractivity contribution in [3.8, 4) is 11.4 Å². The van der Waals surface area contributed by atoms with Crippen molar-refractivity contribution in [2.45, 2.75) is 19.6 Å². The molecule has 0 saturated carbocycles. The lowest BCUT2D eigenvalue weighted by Crippen LogP contribution is -2.36. The van der Waals surface area contributed by atoms with Gasteiger partial charge < -0.3 is 19.2 Å². The second kappa shape index (κ2) is 8.36. The molecule has 35 heavy (non-hydrogen) atoms. The van der Waals surface area contributed by atoms with Crippen molar-refractivity contribution in [2.75, 3.05) is 37.7 Å². The molecule has 0 amide bonds. The normalized spacial score (nSPS) is 16.9. The Morgan fingerprint density at radius 1 is 1.09 bits per heavy atom. The van der Waals surface area contributed by atoms with Crippen LogP contribution in [0.15, 0.2) is 36.8 Å². The zero-order valence-electron chi connectivity index (χ0n) is 18.9. The van der Waals surface area contributed by atoms with Crippen LogP contribution in [0, 0.1) is 5.82 Å². The summed E-state index contributed by atoms with van der Waals surface area (Å²) in [5.74, 6) is 1.94. The summed E-state index contributed by atoms with van der Waals surface area (Å²) in [6.45, 7) is 6.18. The predicted octanol–water partition coefficient (Wildman–Crippen LogP) is 3.42. The van der Waals surface area contributed by atoms with Gasteiger partial charge in [-0.15, -0.1) is 21.5 Å². The van der Waals surface area contributed by atoms with Crippen LogP contribution in [0.3, 0.4) is 0 Å². The molecule has 1 fully saturated rings. The summed E-state index contributed by atoms with van der Waals surface area (Å²) < 4.78 is 23.8. The van der Waals surface area contributed by atoms with Crippen LogP contribution in [-0.2, 0) is 24.4 Å². The molecule has 0 atom stereocenters. The number of hydrogen-bond acceptors (Lipinski definition) is 8. The molecule has 9 nitrogen and oxygen atoms in total. The quantitative estimate of drug-likeness (QED) is 0.413. The Kier molecular flexibility index (Phi) is 5.00. The number of hydrogen-bond donors (Lipinski definition) is 1. The predicted molar refractivity (Wildman–Crippen MR) is 132 cm³/mol. The number of halogens is 1. The molecule has 2 aliphatic heterocycles. The molecule has 0 unspecified atom stereocenters. The second-order valence-electron chi connectivity index (χ2n) is 8.91. The Labute approximate surface area is 204 Å². The standard InChI is InChI=1S/C24H23FN8OS/c25-17-1-2-18-16(3-4-26-18)21(17)23-28-19-11-15(12-31-5-6-33-14-27-30-20(33)13-31)35-22(19)24(29-23)32-7-9-34-10-8-32/h1-4,11,14,26H,5-10,12-13H2. The van der Waals surface area contributed by atoms with E-state index in [1.165, 1.54) is 10.9 Å². The molecule has 178 valence electrons. The van der Waals surface area contributed by atoms with Crippen LogP contribution >= 0.6 is 11.3 Å². The first kappa shape index (κ1) is 20.9. The summed E-state index contributed by atoms with van der Waals surface area (Å²) in [6.07, 6.45) is 3.61. The SMILES string of the molecule is Fc1ccc2[nH]ccc2c1-c1nc(N2CCOCC2)c2sc(CN3CCn4cnnc4C3)cc2n1. The number of ether oxygens (including phenoxy) is 1. The van der Waals surface area contributed by atoms with E-state index in [4.69, 9.17) is 14.7 Å². The number of aromatic nitrogens is 6. The number of H-pyrrole nitrogens is 1. The number of rotatable bonds is 4. The average Bonchev–Trinajstić information content (AvgIpc) is 3.63. The van der Waals surface area contributed by atoms with Gasteiger partial charge in [0, 0.05) is 54.7 Å². The highest BCUT2D eigenvalue weighted by Gasteiger charge is 2.24. The Hall–Kier alpha value is -3.41. The van der Waals surface area contributed by atoms with Crippen molar-refractivity contribution in [1.82, 2.24) is 34.6 Å². The lowest BCUT2D eigenvalue weighted by atomic mass is 10.1. The molecule has 2 aliphatic rings. The smallest absolute Gasteiger partial charge is 0.165 e. The maximum Gasteiger partial charge on any atom is 0.165 e. The third-order valence-corrected chi connectivity index (χ3v) is 7.82. The van der Waals surface area contributed by atoms with Gasteiger partial charge in [-0.3, -0.25) is 4.90 Å². The molecule has 0 bridgehead atoms. The summed E-state index contributed by atoms with van der Waals surface area (Å²) in [6, 6.07) is 7.23. The zero-order chi connectivity index (χ0) is 23.4. The zero-order valence-corrected chi connectivity index (χ0v) is 19.8. The number of morpholine rings is 1. The number of thiophene rings is 1. The van der Waals surface area contributed by atoms with E-state index in [1.807, 2.05) is 12.3 Å². The molecule has 5 aromatic rings. The number of fused-ring (bicyclic) bond motifs is 3. The lowest BCUT2D eigenvalue weighted by Gasteiger charge is -2.28. The molecule has 7 rings (SSSR count). The number of nitrogens with one attached hydrogen (secondary N) is 1. The van der Waals surface area contributed by atoms with Crippen LogP contribution in [0.4, 0.5) is 10.2 Å². The maximum absolute atomic E-state index is 15.1. The van der Waals surface area contributed by atoms with E-state index < -0.39 is 0 Å². The average molecular weight is 491 g/mol. The van der Waals surface area contributed by atoms with E-state index >= 15 is 4.39 Å². The van der Waals surface area contributed by atoms with Crippen molar-refractivity contribution < 1.29 is 9.13 Å². The molecular formula is C24H23FN8OS. The van der Waals surface area contributed by atoms with Crippen LogP contribution < -0.4 is 4.90 Å². The Morgan fingerprint density at radius 2 is 2.00 bits per heavy atom. The second-order valence-corrected chi connectivity index (χ2v) is 10.0. The van der Waals surface area contributed by atoms with Gasteiger partial charge in [-0.1, -0.05) is 0 Å². The third-order valence-electron chi connectivity index (χ3n) is 6.72. The van der Waals surface area contributed by atoms with E-state index in [0.717, 1.165) is 72.0 Å². The van der Waals surface area contributed by atoms with Crippen LogP contribution in [0.5, 0.6) is 0 Å². The molecule has 0 radical (unpaired) electrons. The first-order valence-electron chi connectivity index (χ1n) is 11.7. The fourth-order valence-electron chi connectivity index (χ4n) is 4.95. The first-order chi connectivity index (χ1) is 17.2. The highest BCUT2D eigenvalue weighted by molar-refractivity contribution is 7.19. The Morgan fingerprint density at radius 3 is 2.91 bits per heavy atom. The van der Waals surface area contributed by atoms with Crippen molar-refractivity contribution in [2.24, 2.45) is 0 Å². The van der Waals surface area contributed by atoms with Crippen LogP contribution in [0.1, 0.15) is 10.7 Å². The van der Waals surface area contributed by atoms with Crippen molar-refractivity contribution in [3.63, 3.8) is 0 Å². The summed E-state index contributed by atoms with van der Waals surface area (Å²) in [5.41, 5.74) is 2.15. The third kappa shape index (κ3) is 3.67. The fraction of sp³-hybridized carbons (Fsp3) is 0.333. The molecule has 0 spiro atoms. The van der Waals surface area contributed by atoms with Crippen molar-refractivity contribution in [1.29, 1.82) is 0 Å². The minimum absolute atomic E-state index is 0.322. The molecule has 1 aromatic carbocycles. The molecule has 1 N–H and O–H groups in total. The number of benzene rings is 1. The Bertz CT molecular complexity index is 1540. The van der Waals surface area contributed by atoms with Gasteiger partial charge in [-0.25, -0.2) is 14.4 Å². The van der Waals surface area contributed by atoms with Gasteiger partial charge in [0.25, 0.3) is 0 Å². The van der Waals surface area contributed by atoms with Gasteiger partial charge in [-0.2, -0.15) is 0 Å². The molecular weight excluding hydrogens is 467 g/mol. The minimum atomic E-state index is -0.322. The number of anilines is 1. The topological polar surface area (TPSA) is 88.0 Å². The van der Waals surface area contributed by atoms with Gasteiger partial charge in [0.1, 0.15) is 18.0 Å². The fourth-order valence-corrected chi connectivity index (χ4v) is 6.10. The van der Waals surface area contributed by atoms with Gasteiger partial charge in [-0.05, 0) is 24.3 Å². The number of aromatic amines is 1. The van der Waals surface area contributed by atoms with E-state index in [9.17, 15) is 0 Å². The molecule has 11 heteroatoms. The van der Waals surface area contributed by atoms with E-state index in [0.29, 0.717) is 24.6 Å². The number of nitrogens with zero attached hydrogens (tertiary/aromatic N) is 7. The largest absolute Gasteiger partial charge is 0.378 e. The van der Waals surface area contributed by atoms with E-state index in [2.05, 4.69) is 35.6 Å². The van der Waals surface area contributed by atoms with Gasteiger partial charge >= 0.3 is 0 Å². The van der Waals surface area contributed by atoms with Crippen LogP contribution in [0.25, 0.3) is 32.5 Å². The minimum Gasteiger partial charge on any atom is -0.378 e. The molecule has 1 saturated heterocycles. The maximum atomic E-state index is 15.1. The van der Waals surface area contributed by atoms with Gasteiger partial charge in [0.15, 0.2) is 11.6 Å². The van der Waals surface area contributed by atoms with Gasteiger partial charge in [0.2, 0.25) is 0 Å². The highest BCUT2D eigenvalue weighted by atomic mass is 32.1. The van der Waals surface area contributed by atoms with Crippen molar-refractivity contribution in [3.05, 3.63) is 53.3 Å². The van der Waals surface area contributed by atoms with Crippen LogP contribution in [-0.4, -0.2) is 67.5 Å².